The van der Waals surface area contributed by atoms with Crippen LogP contribution in [-0.4, -0.2) is 4.98 Å². The molecule has 3 N–H and O–H groups in total. The van der Waals surface area contributed by atoms with Crippen molar-refractivity contribution < 1.29 is 0 Å². The predicted octanol–water partition coefficient (Wildman–Crippen LogP) is 4.68. The van der Waals surface area contributed by atoms with Crippen molar-refractivity contribution in [3.05, 3.63) is 45.0 Å². The summed E-state index contributed by atoms with van der Waals surface area (Å²) in [6, 6.07) is 5.06. The lowest BCUT2D eigenvalue weighted by Gasteiger charge is -2.10. The van der Waals surface area contributed by atoms with E-state index in [9.17, 15) is 0 Å². The van der Waals surface area contributed by atoms with Crippen LogP contribution in [-0.2, 0) is 0 Å². The molecule has 18 heavy (non-hydrogen) atoms. The molecule has 2 aromatic rings. The largest absolute Gasteiger partial charge is 0.397 e. The van der Waals surface area contributed by atoms with Crippen LogP contribution in [0.5, 0.6) is 0 Å². The zero-order valence-corrected chi connectivity index (χ0v) is 11.7. The van der Waals surface area contributed by atoms with Crippen molar-refractivity contribution in [2.45, 2.75) is 6.92 Å². The Morgan fingerprint density at radius 3 is 2.39 bits per heavy atom. The van der Waals surface area contributed by atoms with Crippen molar-refractivity contribution in [1.82, 2.24) is 4.98 Å². The number of hydrogen-bond acceptors (Lipinski definition) is 3. The molecule has 0 bridgehead atoms. The highest BCUT2D eigenvalue weighted by atomic mass is 35.5. The van der Waals surface area contributed by atoms with Crippen molar-refractivity contribution in [3.63, 3.8) is 0 Å². The molecule has 6 heteroatoms. The number of nitrogens with zero attached hydrogens (tertiary/aromatic N) is 1. The number of anilines is 3. The second-order valence-corrected chi connectivity index (χ2v) is 5.02. The standard InChI is InChI=1S/C12H10Cl3N3/c1-6-2-12(17-5-10(6)16)18-11-4-8(14)7(13)3-9(11)15/h2-5H,16H2,1H3,(H,17,18). The lowest BCUT2D eigenvalue weighted by Crippen LogP contribution is -1.97. The molecule has 2 rings (SSSR count). The Balaban J connectivity index is 2.34. The third-order valence-corrected chi connectivity index (χ3v) is 3.46. The first-order valence-corrected chi connectivity index (χ1v) is 6.24. The normalized spacial score (nSPS) is 10.4. The first-order valence-electron chi connectivity index (χ1n) is 5.11. The van der Waals surface area contributed by atoms with E-state index in [0.717, 1.165) is 5.56 Å². The number of pyridine rings is 1. The summed E-state index contributed by atoms with van der Waals surface area (Å²) in [5, 5.41) is 4.38. The summed E-state index contributed by atoms with van der Waals surface area (Å²) in [5.41, 5.74) is 7.92. The van der Waals surface area contributed by atoms with E-state index in [1.54, 1.807) is 18.3 Å². The van der Waals surface area contributed by atoms with Gasteiger partial charge in [-0.05, 0) is 30.7 Å². The number of aryl methyl sites for hydroxylation is 1. The van der Waals surface area contributed by atoms with Gasteiger partial charge in [-0.3, -0.25) is 0 Å². The van der Waals surface area contributed by atoms with Gasteiger partial charge in [0.25, 0.3) is 0 Å². The van der Waals surface area contributed by atoms with E-state index in [2.05, 4.69) is 10.3 Å². The summed E-state index contributed by atoms with van der Waals surface area (Å²) >= 11 is 17.9. The first kappa shape index (κ1) is 13.3. The molecule has 1 aromatic carbocycles. The van der Waals surface area contributed by atoms with Gasteiger partial charge in [-0.15, -0.1) is 0 Å². The Bertz CT molecular complexity index is 599. The maximum Gasteiger partial charge on any atom is 0.130 e. The number of halogens is 3. The molecule has 0 unspecified atom stereocenters. The Morgan fingerprint density at radius 2 is 1.72 bits per heavy atom. The molecule has 0 radical (unpaired) electrons. The monoisotopic (exact) mass is 301 g/mol. The molecule has 94 valence electrons. The molecular formula is C12H10Cl3N3. The zero-order valence-electron chi connectivity index (χ0n) is 9.47. The van der Waals surface area contributed by atoms with Gasteiger partial charge < -0.3 is 11.1 Å². The molecule has 0 amide bonds. The minimum absolute atomic E-state index is 0.411. The van der Waals surface area contributed by atoms with E-state index in [4.69, 9.17) is 40.5 Å². The third-order valence-electron chi connectivity index (χ3n) is 2.42. The average Bonchev–Trinajstić information content (AvgIpc) is 2.31. The maximum atomic E-state index is 6.06. The van der Waals surface area contributed by atoms with E-state index in [1.807, 2.05) is 13.0 Å². The molecule has 1 heterocycles. The fraction of sp³-hybridized carbons (Fsp3) is 0.0833. The van der Waals surface area contributed by atoms with Crippen LogP contribution in [0.25, 0.3) is 0 Å². The van der Waals surface area contributed by atoms with Crippen LogP contribution in [0.3, 0.4) is 0 Å². The van der Waals surface area contributed by atoms with Gasteiger partial charge in [-0.2, -0.15) is 0 Å². The second kappa shape index (κ2) is 5.22. The van der Waals surface area contributed by atoms with Gasteiger partial charge in [0.05, 0.1) is 32.6 Å². The summed E-state index contributed by atoms with van der Waals surface area (Å²) in [4.78, 5) is 4.16. The van der Waals surface area contributed by atoms with Crippen molar-refractivity contribution in [2.24, 2.45) is 0 Å². The van der Waals surface area contributed by atoms with E-state index in [-0.39, 0.29) is 0 Å². The van der Waals surface area contributed by atoms with E-state index in [1.165, 1.54) is 0 Å². The Morgan fingerprint density at radius 1 is 1.06 bits per heavy atom. The lowest BCUT2D eigenvalue weighted by molar-refractivity contribution is 1.28. The van der Waals surface area contributed by atoms with E-state index in [0.29, 0.717) is 32.3 Å². The molecular weight excluding hydrogens is 293 g/mol. The van der Waals surface area contributed by atoms with E-state index >= 15 is 0 Å². The molecule has 0 aliphatic carbocycles. The Kier molecular flexibility index (Phi) is 3.85. The van der Waals surface area contributed by atoms with Gasteiger partial charge in [-0.1, -0.05) is 34.8 Å². The van der Waals surface area contributed by atoms with Crippen molar-refractivity contribution in [3.8, 4) is 0 Å². The van der Waals surface area contributed by atoms with E-state index < -0.39 is 0 Å². The van der Waals surface area contributed by atoms with Crippen molar-refractivity contribution >= 4 is 52.0 Å². The highest BCUT2D eigenvalue weighted by Crippen LogP contribution is 2.33. The fourth-order valence-electron chi connectivity index (χ4n) is 1.39. The highest BCUT2D eigenvalue weighted by Gasteiger charge is 2.07. The zero-order chi connectivity index (χ0) is 13.3. The molecule has 0 fully saturated rings. The minimum Gasteiger partial charge on any atom is -0.397 e. The number of benzene rings is 1. The number of nitrogens with one attached hydrogen (secondary N) is 1. The summed E-state index contributed by atoms with van der Waals surface area (Å²) < 4.78 is 0. The predicted molar refractivity (Wildman–Crippen MR) is 78.1 cm³/mol. The molecule has 3 nitrogen and oxygen atoms in total. The topological polar surface area (TPSA) is 50.9 Å². The average molecular weight is 303 g/mol. The van der Waals surface area contributed by atoms with Crippen LogP contribution in [0.15, 0.2) is 24.4 Å². The fourth-order valence-corrected chi connectivity index (χ4v) is 1.99. The molecule has 0 saturated carbocycles. The number of hydrogen-bond donors (Lipinski definition) is 2. The quantitative estimate of drug-likeness (QED) is 0.792. The molecule has 0 atom stereocenters. The summed E-state index contributed by atoms with van der Waals surface area (Å²) in [6.45, 7) is 1.90. The van der Waals surface area contributed by atoms with Gasteiger partial charge in [0.2, 0.25) is 0 Å². The van der Waals surface area contributed by atoms with Gasteiger partial charge in [0.15, 0.2) is 0 Å². The van der Waals surface area contributed by atoms with Crippen LogP contribution in [0.4, 0.5) is 17.2 Å². The van der Waals surface area contributed by atoms with Gasteiger partial charge in [0, 0.05) is 0 Å². The van der Waals surface area contributed by atoms with Crippen LogP contribution >= 0.6 is 34.8 Å². The molecule has 0 saturated heterocycles. The van der Waals surface area contributed by atoms with Gasteiger partial charge >= 0.3 is 0 Å². The maximum absolute atomic E-state index is 6.06. The molecule has 0 aliphatic heterocycles. The number of aromatic nitrogens is 1. The van der Waals surface area contributed by atoms with Gasteiger partial charge in [0.1, 0.15) is 5.82 Å². The van der Waals surface area contributed by atoms with Crippen molar-refractivity contribution in [2.75, 3.05) is 11.1 Å². The molecule has 1 aromatic heterocycles. The minimum atomic E-state index is 0.411. The molecule has 0 aliphatic rings. The molecule has 0 spiro atoms. The SMILES string of the molecule is Cc1cc(Nc2cc(Cl)c(Cl)cc2Cl)ncc1N. The van der Waals surface area contributed by atoms with Crippen LogP contribution in [0, 0.1) is 6.92 Å². The second-order valence-electron chi connectivity index (χ2n) is 3.80. The smallest absolute Gasteiger partial charge is 0.130 e. The Hall–Kier alpha value is -1.16. The van der Waals surface area contributed by atoms with Crippen LogP contribution in [0.1, 0.15) is 5.56 Å². The summed E-state index contributed by atoms with van der Waals surface area (Å²) in [5.74, 6) is 0.641. The summed E-state index contributed by atoms with van der Waals surface area (Å²) in [7, 11) is 0. The number of nitrogen functional groups attached to an aromatic ring is 1. The van der Waals surface area contributed by atoms with Crippen LogP contribution in [0.2, 0.25) is 15.1 Å². The van der Waals surface area contributed by atoms with Crippen LogP contribution < -0.4 is 11.1 Å². The lowest BCUT2D eigenvalue weighted by atomic mass is 10.2. The third kappa shape index (κ3) is 2.80. The number of nitrogens with two attached hydrogens (primary N) is 1. The number of rotatable bonds is 2. The highest BCUT2D eigenvalue weighted by molar-refractivity contribution is 6.44. The van der Waals surface area contributed by atoms with Gasteiger partial charge in [-0.25, -0.2) is 4.98 Å². The Labute approximate surface area is 120 Å². The first-order chi connectivity index (χ1) is 8.47. The summed E-state index contributed by atoms with van der Waals surface area (Å²) in [6.07, 6.45) is 1.59. The van der Waals surface area contributed by atoms with Crippen molar-refractivity contribution in [1.29, 1.82) is 0 Å².